The minimum atomic E-state index is -0.489. The third kappa shape index (κ3) is 5.28. The fraction of sp³-hybridized carbons (Fsp3) is 0.500. The summed E-state index contributed by atoms with van der Waals surface area (Å²) in [5.74, 6) is 0. The molecule has 2 aromatic rings. The number of benzene rings is 1. The lowest BCUT2D eigenvalue weighted by Crippen LogP contribution is -2.51. The fourth-order valence-corrected chi connectivity index (χ4v) is 2.44. The van der Waals surface area contributed by atoms with Crippen LogP contribution in [0.3, 0.4) is 0 Å². The second-order valence-corrected chi connectivity index (χ2v) is 7.47. The Balaban J connectivity index is 1.87. The van der Waals surface area contributed by atoms with E-state index in [2.05, 4.69) is 33.8 Å². The van der Waals surface area contributed by atoms with Gasteiger partial charge in [-0.1, -0.05) is 12.1 Å². The number of hydrogen-bond acceptors (Lipinski definition) is 3. The van der Waals surface area contributed by atoms with Crippen LogP contribution in [0.1, 0.15) is 40.2 Å². The van der Waals surface area contributed by atoms with Crippen LogP contribution in [0.25, 0.3) is 10.9 Å². The summed E-state index contributed by atoms with van der Waals surface area (Å²) in [4.78, 5) is 15.1. The SMILES string of the molecule is CC(C)(CNCc1cccc2[nH]ccc12)NC(=O)OC(C)(C)C. The zero-order valence-electron chi connectivity index (χ0n) is 14.6. The van der Waals surface area contributed by atoms with Gasteiger partial charge in [-0.3, -0.25) is 0 Å². The van der Waals surface area contributed by atoms with Gasteiger partial charge in [0.2, 0.25) is 0 Å². The Hall–Kier alpha value is -2.01. The molecule has 1 aromatic carbocycles. The summed E-state index contributed by atoms with van der Waals surface area (Å²) in [7, 11) is 0. The number of nitrogens with one attached hydrogen (secondary N) is 3. The molecule has 2 rings (SSSR count). The number of amides is 1. The summed E-state index contributed by atoms with van der Waals surface area (Å²) in [5.41, 5.74) is 1.48. The van der Waals surface area contributed by atoms with Crippen LogP contribution >= 0.6 is 0 Å². The molecule has 23 heavy (non-hydrogen) atoms. The third-order valence-corrected chi connectivity index (χ3v) is 3.41. The molecule has 0 aliphatic heterocycles. The fourth-order valence-electron chi connectivity index (χ4n) is 2.44. The first kappa shape index (κ1) is 17.3. The molecule has 0 bridgehead atoms. The van der Waals surface area contributed by atoms with E-state index in [1.54, 1.807) is 0 Å². The smallest absolute Gasteiger partial charge is 0.408 e. The van der Waals surface area contributed by atoms with Crippen molar-refractivity contribution >= 4 is 17.0 Å². The highest BCUT2D eigenvalue weighted by atomic mass is 16.6. The Labute approximate surface area is 137 Å². The van der Waals surface area contributed by atoms with Crippen molar-refractivity contribution in [1.29, 1.82) is 0 Å². The average molecular weight is 317 g/mol. The van der Waals surface area contributed by atoms with Crippen LogP contribution in [0, 0.1) is 0 Å². The van der Waals surface area contributed by atoms with Gasteiger partial charge in [0.25, 0.3) is 0 Å². The van der Waals surface area contributed by atoms with Crippen molar-refractivity contribution in [3.63, 3.8) is 0 Å². The van der Waals surface area contributed by atoms with Gasteiger partial charge in [0.15, 0.2) is 0 Å². The quantitative estimate of drug-likeness (QED) is 0.790. The molecule has 0 saturated heterocycles. The number of ether oxygens (including phenoxy) is 1. The number of carbonyl (C=O) groups excluding carboxylic acids is 1. The van der Waals surface area contributed by atoms with Gasteiger partial charge in [-0.2, -0.15) is 0 Å². The van der Waals surface area contributed by atoms with Crippen LogP contribution in [0.5, 0.6) is 0 Å². The Morgan fingerprint density at radius 2 is 1.91 bits per heavy atom. The van der Waals surface area contributed by atoms with E-state index in [0.717, 1.165) is 12.1 Å². The molecule has 0 radical (unpaired) electrons. The number of H-pyrrole nitrogens is 1. The molecule has 5 heteroatoms. The third-order valence-electron chi connectivity index (χ3n) is 3.41. The molecule has 0 unspecified atom stereocenters. The van der Waals surface area contributed by atoms with E-state index in [-0.39, 0.29) is 0 Å². The van der Waals surface area contributed by atoms with Crippen molar-refractivity contribution in [3.05, 3.63) is 36.0 Å². The first-order valence-electron chi connectivity index (χ1n) is 7.93. The summed E-state index contributed by atoms with van der Waals surface area (Å²) >= 11 is 0. The maximum Gasteiger partial charge on any atom is 0.408 e. The lowest BCUT2D eigenvalue weighted by molar-refractivity contribution is 0.0472. The summed E-state index contributed by atoms with van der Waals surface area (Å²) < 4.78 is 5.30. The number of hydrogen-bond donors (Lipinski definition) is 3. The maximum atomic E-state index is 11.9. The van der Waals surface area contributed by atoms with Crippen LogP contribution in [-0.2, 0) is 11.3 Å². The van der Waals surface area contributed by atoms with E-state index in [1.807, 2.05) is 46.9 Å². The van der Waals surface area contributed by atoms with Crippen molar-refractivity contribution in [1.82, 2.24) is 15.6 Å². The molecular weight excluding hydrogens is 290 g/mol. The number of fused-ring (bicyclic) bond motifs is 1. The predicted molar refractivity (Wildman–Crippen MR) is 93.5 cm³/mol. The number of alkyl carbamates (subject to hydrolysis) is 1. The molecule has 0 fully saturated rings. The average Bonchev–Trinajstić information content (AvgIpc) is 2.84. The molecule has 0 atom stereocenters. The first-order valence-corrected chi connectivity index (χ1v) is 7.93. The van der Waals surface area contributed by atoms with Crippen LogP contribution in [0.15, 0.2) is 30.5 Å². The van der Waals surface area contributed by atoms with Gasteiger partial charge in [-0.05, 0) is 52.3 Å². The molecular formula is C18H27N3O2. The van der Waals surface area contributed by atoms with Crippen LogP contribution < -0.4 is 10.6 Å². The zero-order valence-corrected chi connectivity index (χ0v) is 14.6. The minimum absolute atomic E-state index is 0.392. The van der Waals surface area contributed by atoms with Crippen molar-refractivity contribution in [2.45, 2.75) is 52.3 Å². The van der Waals surface area contributed by atoms with Crippen LogP contribution in [-0.4, -0.2) is 28.8 Å². The molecule has 1 aromatic heterocycles. The monoisotopic (exact) mass is 317 g/mol. The molecule has 3 N–H and O–H groups in total. The van der Waals surface area contributed by atoms with Crippen molar-refractivity contribution in [2.24, 2.45) is 0 Å². The van der Waals surface area contributed by atoms with Gasteiger partial charge in [-0.15, -0.1) is 0 Å². The zero-order chi connectivity index (χ0) is 17.1. The van der Waals surface area contributed by atoms with E-state index >= 15 is 0 Å². The molecule has 0 aliphatic carbocycles. The molecule has 0 spiro atoms. The Bertz CT molecular complexity index is 668. The van der Waals surface area contributed by atoms with E-state index in [1.165, 1.54) is 10.9 Å². The Kier molecular flexibility index (Phi) is 5.00. The summed E-state index contributed by atoms with van der Waals surface area (Å²) in [6.07, 6.45) is 1.55. The highest BCUT2D eigenvalue weighted by Gasteiger charge is 2.24. The Morgan fingerprint density at radius 3 is 2.61 bits per heavy atom. The topological polar surface area (TPSA) is 66.2 Å². The van der Waals surface area contributed by atoms with E-state index < -0.39 is 17.2 Å². The summed E-state index contributed by atoms with van der Waals surface area (Å²) in [6.45, 7) is 10.9. The van der Waals surface area contributed by atoms with Gasteiger partial charge in [0, 0.05) is 30.2 Å². The van der Waals surface area contributed by atoms with Gasteiger partial charge in [0.1, 0.15) is 5.60 Å². The van der Waals surface area contributed by atoms with Crippen molar-refractivity contribution in [3.8, 4) is 0 Å². The number of aromatic nitrogens is 1. The molecule has 0 aliphatic rings. The van der Waals surface area contributed by atoms with Gasteiger partial charge < -0.3 is 20.4 Å². The Morgan fingerprint density at radius 1 is 1.17 bits per heavy atom. The van der Waals surface area contributed by atoms with Gasteiger partial charge in [-0.25, -0.2) is 4.79 Å². The van der Waals surface area contributed by atoms with Crippen LogP contribution in [0.4, 0.5) is 4.79 Å². The standard InChI is InChI=1S/C18H27N3O2/c1-17(2,3)23-16(22)21-18(4,5)12-19-11-13-7-6-8-15-14(13)9-10-20-15/h6-10,19-20H,11-12H2,1-5H3,(H,21,22). The largest absolute Gasteiger partial charge is 0.444 e. The van der Waals surface area contributed by atoms with E-state index in [9.17, 15) is 4.79 Å². The minimum Gasteiger partial charge on any atom is -0.444 e. The molecule has 0 saturated carbocycles. The molecule has 126 valence electrons. The molecule has 5 nitrogen and oxygen atoms in total. The second-order valence-electron chi connectivity index (χ2n) is 7.47. The van der Waals surface area contributed by atoms with Crippen LogP contribution in [0.2, 0.25) is 0 Å². The maximum absolute atomic E-state index is 11.9. The first-order chi connectivity index (χ1) is 10.7. The normalized spacial score (nSPS) is 12.4. The van der Waals surface area contributed by atoms with Crippen molar-refractivity contribution < 1.29 is 9.53 Å². The second kappa shape index (κ2) is 6.62. The van der Waals surface area contributed by atoms with Gasteiger partial charge in [0.05, 0.1) is 5.54 Å². The van der Waals surface area contributed by atoms with E-state index in [0.29, 0.717) is 6.54 Å². The molecule has 1 heterocycles. The molecule has 1 amide bonds. The summed E-state index contributed by atoms with van der Waals surface area (Å²) in [5, 5.41) is 7.53. The lowest BCUT2D eigenvalue weighted by atomic mass is 10.1. The highest BCUT2D eigenvalue weighted by molar-refractivity contribution is 5.82. The number of carbonyl (C=O) groups is 1. The number of aromatic amines is 1. The van der Waals surface area contributed by atoms with Gasteiger partial charge >= 0.3 is 6.09 Å². The summed E-state index contributed by atoms with van der Waals surface area (Å²) in [6, 6.07) is 8.29. The predicted octanol–water partition coefficient (Wildman–Crippen LogP) is 3.56. The van der Waals surface area contributed by atoms with Crippen molar-refractivity contribution in [2.75, 3.05) is 6.54 Å². The lowest BCUT2D eigenvalue weighted by Gasteiger charge is -2.29. The number of rotatable bonds is 5. The van der Waals surface area contributed by atoms with E-state index in [4.69, 9.17) is 4.74 Å². The highest BCUT2D eigenvalue weighted by Crippen LogP contribution is 2.17.